The minimum atomic E-state index is 0.180. The molecule has 2 N–H and O–H groups in total. The van der Waals surface area contributed by atoms with Gasteiger partial charge in [-0.15, -0.1) is 11.3 Å². The van der Waals surface area contributed by atoms with Crippen LogP contribution in [-0.2, 0) is 12.8 Å². The van der Waals surface area contributed by atoms with Gasteiger partial charge in [-0.05, 0) is 42.7 Å². The molecule has 2 heterocycles. The highest BCUT2D eigenvalue weighted by molar-refractivity contribution is 7.11. The number of hydrogen-bond acceptors (Lipinski definition) is 4. The number of thiophene rings is 1. The molecule has 2 rings (SSSR count). The standard InChI is InChI=1S/C12H16N2S2/c1-8-9(2)16-12(14-8)6-11(13)5-10-3-4-15-7-10/h3-4,7,11H,5-6,13H2,1-2H3. The first-order valence-electron chi connectivity index (χ1n) is 5.34. The average Bonchev–Trinajstić information content (AvgIpc) is 2.78. The van der Waals surface area contributed by atoms with Crippen LogP contribution in [0, 0.1) is 13.8 Å². The summed E-state index contributed by atoms with van der Waals surface area (Å²) in [5, 5.41) is 5.43. The Labute approximate surface area is 104 Å². The summed E-state index contributed by atoms with van der Waals surface area (Å²) in [6.07, 6.45) is 1.83. The van der Waals surface area contributed by atoms with E-state index in [9.17, 15) is 0 Å². The smallest absolute Gasteiger partial charge is 0.0946 e. The molecule has 0 saturated heterocycles. The Hall–Kier alpha value is -0.710. The van der Waals surface area contributed by atoms with Crippen molar-refractivity contribution in [1.82, 2.24) is 4.98 Å². The topological polar surface area (TPSA) is 38.9 Å². The van der Waals surface area contributed by atoms with Crippen LogP contribution in [0.4, 0.5) is 0 Å². The van der Waals surface area contributed by atoms with Gasteiger partial charge in [0, 0.05) is 17.3 Å². The zero-order valence-corrected chi connectivity index (χ0v) is 11.2. The van der Waals surface area contributed by atoms with Crippen molar-refractivity contribution in [3.8, 4) is 0 Å². The molecule has 0 aliphatic carbocycles. The summed E-state index contributed by atoms with van der Waals surface area (Å²) in [5.41, 5.74) is 8.60. The fourth-order valence-electron chi connectivity index (χ4n) is 1.63. The summed E-state index contributed by atoms with van der Waals surface area (Å²) < 4.78 is 0. The van der Waals surface area contributed by atoms with Crippen molar-refractivity contribution in [3.05, 3.63) is 38.0 Å². The van der Waals surface area contributed by atoms with E-state index < -0.39 is 0 Å². The molecule has 4 heteroatoms. The van der Waals surface area contributed by atoms with E-state index in [1.54, 1.807) is 22.7 Å². The molecule has 0 radical (unpaired) electrons. The molecular formula is C12H16N2S2. The van der Waals surface area contributed by atoms with E-state index in [2.05, 4.69) is 35.7 Å². The Morgan fingerprint density at radius 3 is 2.75 bits per heavy atom. The summed E-state index contributed by atoms with van der Waals surface area (Å²) in [6, 6.07) is 2.32. The lowest BCUT2D eigenvalue weighted by atomic mass is 10.1. The summed E-state index contributed by atoms with van der Waals surface area (Å²) >= 11 is 3.49. The van der Waals surface area contributed by atoms with Crippen LogP contribution in [0.1, 0.15) is 21.1 Å². The molecule has 2 nitrogen and oxygen atoms in total. The van der Waals surface area contributed by atoms with Crippen molar-refractivity contribution in [2.45, 2.75) is 32.7 Å². The van der Waals surface area contributed by atoms with Gasteiger partial charge in [-0.1, -0.05) is 0 Å². The molecule has 1 unspecified atom stereocenters. The molecule has 1 atom stereocenters. The molecule has 16 heavy (non-hydrogen) atoms. The minimum absolute atomic E-state index is 0.180. The van der Waals surface area contributed by atoms with E-state index in [4.69, 9.17) is 5.73 Å². The lowest BCUT2D eigenvalue weighted by molar-refractivity contribution is 0.662. The van der Waals surface area contributed by atoms with E-state index in [1.165, 1.54) is 10.4 Å². The zero-order chi connectivity index (χ0) is 11.5. The molecule has 0 saturated carbocycles. The maximum absolute atomic E-state index is 6.13. The van der Waals surface area contributed by atoms with Gasteiger partial charge < -0.3 is 5.73 Å². The van der Waals surface area contributed by atoms with Crippen LogP contribution in [0.2, 0.25) is 0 Å². The number of thiazole rings is 1. The fraction of sp³-hybridized carbons (Fsp3) is 0.417. The molecule has 0 aromatic carbocycles. The number of nitrogens with zero attached hydrogens (tertiary/aromatic N) is 1. The summed E-state index contributed by atoms with van der Waals surface area (Å²) in [4.78, 5) is 5.82. The Morgan fingerprint density at radius 1 is 1.38 bits per heavy atom. The average molecular weight is 252 g/mol. The van der Waals surface area contributed by atoms with E-state index in [-0.39, 0.29) is 6.04 Å². The van der Waals surface area contributed by atoms with Gasteiger partial charge in [0.05, 0.1) is 10.7 Å². The van der Waals surface area contributed by atoms with Crippen molar-refractivity contribution >= 4 is 22.7 Å². The largest absolute Gasteiger partial charge is 0.327 e. The van der Waals surface area contributed by atoms with Gasteiger partial charge in [-0.3, -0.25) is 0 Å². The van der Waals surface area contributed by atoms with Gasteiger partial charge in [0.15, 0.2) is 0 Å². The predicted molar refractivity (Wildman–Crippen MR) is 71.3 cm³/mol. The van der Waals surface area contributed by atoms with Crippen LogP contribution in [0.25, 0.3) is 0 Å². The van der Waals surface area contributed by atoms with Gasteiger partial charge in [0.1, 0.15) is 0 Å². The van der Waals surface area contributed by atoms with E-state index in [0.29, 0.717) is 0 Å². The second kappa shape index (κ2) is 5.08. The quantitative estimate of drug-likeness (QED) is 0.908. The summed E-state index contributed by atoms with van der Waals surface area (Å²) in [6.45, 7) is 4.17. The fourth-order valence-corrected chi connectivity index (χ4v) is 3.34. The second-order valence-electron chi connectivity index (χ2n) is 4.05. The normalized spacial score (nSPS) is 12.9. The van der Waals surface area contributed by atoms with Gasteiger partial charge in [0.25, 0.3) is 0 Å². The van der Waals surface area contributed by atoms with Gasteiger partial charge >= 0.3 is 0 Å². The van der Waals surface area contributed by atoms with Crippen LogP contribution in [0.5, 0.6) is 0 Å². The third kappa shape index (κ3) is 2.90. The first-order chi connectivity index (χ1) is 7.65. The van der Waals surface area contributed by atoms with Gasteiger partial charge in [-0.2, -0.15) is 11.3 Å². The van der Waals surface area contributed by atoms with Crippen LogP contribution >= 0.6 is 22.7 Å². The molecule has 0 amide bonds. The lowest BCUT2D eigenvalue weighted by Gasteiger charge is -2.07. The van der Waals surface area contributed by atoms with E-state index in [1.807, 2.05) is 0 Å². The van der Waals surface area contributed by atoms with Crippen molar-refractivity contribution in [1.29, 1.82) is 0 Å². The maximum Gasteiger partial charge on any atom is 0.0946 e. The Balaban J connectivity index is 1.94. The third-order valence-corrected chi connectivity index (χ3v) is 4.41. The van der Waals surface area contributed by atoms with Gasteiger partial charge in [0.2, 0.25) is 0 Å². The predicted octanol–water partition coefficient (Wildman–Crippen LogP) is 2.93. The van der Waals surface area contributed by atoms with Crippen molar-refractivity contribution in [2.24, 2.45) is 5.73 Å². The minimum Gasteiger partial charge on any atom is -0.327 e. The molecule has 2 aromatic rings. The Morgan fingerprint density at radius 2 is 2.19 bits per heavy atom. The number of aromatic nitrogens is 1. The SMILES string of the molecule is Cc1nc(CC(N)Cc2ccsc2)sc1C. The number of hydrogen-bond donors (Lipinski definition) is 1. The lowest BCUT2D eigenvalue weighted by Crippen LogP contribution is -2.25. The molecule has 0 spiro atoms. The maximum atomic E-state index is 6.13. The first-order valence-corrected chi connectivity index (χ1v) is 7.10. The highest BCUT2D eigenvalue weighted by Crippen LogP contribution is 2.18. The molecule has 0 aliphatic heterocycles. The molecule has 0 bridgehead atoms. The Kier molecular flexibility index (Phi) is 3.74. The monoisotopic (exact) mass is 252 g/mol. The highest BCUT2D eigenvalue weighted by atomic mass is 32.1. The van der Waals surface area contributed by atoms with Crippen LogP contribution in [0.15, 0.2) is 16.8 Å². The third-order valence-electron chi connectivity index (χ3n) is 2.59. The zero-order valence-electron chi connectivity index (χ0n) is 9.56. The number of rotatable bonds is 4. The molecular weight excluding hydrogens is 236 g/mol. The van der Waals surface area contributed by atoms with E-state index in [0.717, 1.165) is 23.5 Å². The van der Waals surface area contributed by atoms with Crippen molar-refractivity contribution in [3.63, 3.8) is 0 Å². The van der Waals surface area contributed by atoms with Gasteiger partial charge in [-0.25, -0.2) is 4.98 Å². The summed E-state index contributed by atoms with van der Waals surface area (Å²) in [7, 11) is 0. The van der Waals surface area contributed by atoms with Crippen molar-refractivity contribution in [2.75, 3.05) is 0 Å². The number of aryl methyl sites for hydroxylation is 2. The van der Waals surface area contributed by atoms with Crippen LogP contribution in [-0.4, -0.2) is 11.0 Å². The van der Waals surface area contributed by atoms with E-state index >= 15 is 0 Å². The van der Waals surface area contributed by atoms with Crippen LogP contribution < -0.4 is 5.73 Å². The van der Waals surface area contributed by atoms with Crippen molar-refractivity contribution < 1.29 is 0 Å². The van der Waals surface area contributed by atoms with Crippen LogP contribution in [0.3, 0.4) is 0 Å². The molecule has 2 aromatic heterocycles. The molecule has 0 aliphatic rings. The first kappa shape index (κ1) is 11.8. The number of nitrogens with two attached hydrogens (primary N) is 1. The summed E-state index contributed by atoms with van der Waals surface area (Å²) in [5.74, 6) is 0. The second-order valence-corrected chi connectivity index (χ2v) is 6.12. The highest BCUT2D eigenvalue weighted by Gasteiger charge is 2.10. The molecule has 0 fully saturated rings. The molecule has 86 valence electrons. The Bertz CT molecular complexity index is 426.